The smallest absolute Gasteiger partial charge is 0.475 e. The molecule has 46 heavy (non-hydrogen) atoms. The van der Waals surface area contributed by atoms with E-state index in [9.17, 15) is 34.8 Å². The van der Waals surface area contributed by atoms with Crippen molar-refractivity contribution in [1.29, 1.82) is 5.41 Å². The van der Waals surface area contributed by atoms with E-state index in [4.69, 9.17) is 36.7 Å². The predicted octanol–water partition coefficient (Wildman–Crippen LogP) is 5.12. The van der Waals surface area contributed by atoms with Gasteiger partial charge in [-0.15, -0.1) is 23.1 Å². The van der Waals surface area contributed by atoms with Crippen molar-refractivity contribution >= 4 is 62.4 Å². The van der Waals surface area contributed by atoms with Crippen molar-refractivity contribution in [1.82, 2.24) is 0 Å². The molecule has 0 saturated heterocycles. The largest absolute Gasteiger partial charge is 0.490 e. The summed E-state index contributed by atoms with van der Waals surface area (Å²) in [5, 5.41) is 28.4. The van der Waals surface area contributed by atoms with Gasteiger partial charge in [-0.2, -0.15) is 26.3 Å². The Morgan fingerprint density at radius 2 is 1.54 bits per heavy atom. The highest BCUT2D eigenvalue weighted by Gasteiger charge is 2.38. The van der Waals surface area contributed by atoms with Crippen LogP contribution < -0.4 is 16.8 Å². The van der Waals surface area contributed by atoms with Crippen LogP contribution >= 0.6 is 23.1 Å². The van der Waals surface area contributed by atoms with Crippen LogP contribution in [0.3, 0.4) is 0 Å². The van der Waals surface area contributed by atoms with Crippen LogP contribution in [0.25, 0.3) is 11.1 Å². The highest BCUT2D eigenvalue weighted by molar-refractivity contribution is 8.01. The number of nitrogens with one attached hydrogen (secondary N) is 2. The van der Waals surface area contributed by atoms with E-state index in [0.29, 0.717) is 9.09 Å². The Bertz CT molecular complexity index is 1680. The van der Waals surface area contributed by atoms with Crippen LogP contribution in [0.5, 0.6) is 0 Å². The minimum absolute atomic E-state index is 0.123. The summed E-state index contributed by atoms with van der Waals surface area (Å²) in [6.45, 7) is 1.93. The predicted molar refractivity (Wildman–Crippen MR) is 159 cm³/mol. The van der Waals surface area contributed by atoms with Crippen molar-refractivity contribution < 1.29 is 59.4 Å². The Hall–Kier alpha value is -4.50. The molecule has 0 saturated carbocycles. The van der Waals surface area contributed by atoms with Crippen LogP contribution in [0, 0.1) is 12.3 Å². The number of guanidine groups is 1. The quantitative estimate of drug-likeness (QED) is 0.0620. The van der Waals surface area contributed by atoms with Gasteiger partial charge in [0.15, 0.2) is 0 Å². The van der Waals surface area contributed by atoms with Gasteiger partial charge in [0.05, 0.1) is 18.9 Å². The number of aryl methyl sites for hydroxylation is 1. The number of hydrogen-bond donors (Lipinski definition) is 6. The second kappa shape index (κ2) is 16.2. The first kappa shape index (κ1) is 39.5. The zero-order valence-electron chi connectivity index (χ0n) is 23.6. The molecule has 0 bridgehead atoms. The van der Waals surface area contributed by atoms with Crippen molar-refractivity contribution in [2.45, 2.75) is 33.3 Å². The van der Waals surface area contributed by atoms with Gasteiger partial charge in [-0.25, -0.2) is 18.0 Å². The number of nitrogens with two attached hydrogens (primary N) is 2. The molecular weight excluding hydrogens is 692 g/mol. The summed E-state index contributed by atoms with van der Waals surface area (Å²) >= 11 is 2.52. The molecule has 0 aliphatic carbocycles. The second-order valence-corrected chi connectivity index (χ2v) is 12.4. The van der Waals surface area contributed by atoms with Gasteiger partial charge in [0, 0.05) is 5.69 Å². The van der Waals surface area contributed by atoms with E-state index in [0.717, 1.165) is 22.4 Å². The number of benzene rings is 2. The van der Waals surface area contributed by atoms with Gasteiger partial charge in [0.2, 0.25) is 15.8 Å². The number of anilines is 1. The molecule has 0 amide bonds. The lowest BCUT2D eigenvalue weighted by molar-refractivity contribution is -0.193. The maximum atomic E-state index is 13.4. The molecule has 12 nitrogen and oxygen atoms in total. The maximum absolute atomic E-state index is 13.4. The van der Waals surface area contributed by atoms with E-state index in [1.54, 1.807) is 24.5 Å². The van der Waals surface area contributed by atoms with Crippen molar-refractivity contribution in [2.24, 2.45) is 16.6 Å². The summed E-state index contributed by atoms with van der Waals surface area (Å²) in [4.78, 5) is 23.2. The molecule has 1 aromatic heterocycles. The first-order valence-corrected chi connectivity index (χ1v) is 15.3. The lowest BCUT2D eigenvalue weighted by atomic mass is 10.00. The van der Waals surface area contributed by atoms with E-state index >= 15 is 0 Å². The number of nitrogens with zero attached hydrogens (tertiary/aromatic N) is 1. The van der Waals surface area contributed by atoms with Crippen LogP contribution in [-0.2, 0) is 24.3 Å². The molecule has 8 N–H and O–H groups in total. The topological polar surface area (TPSA) is 218 Å². The molecule has 0 fully saturated rings. The fourth-order valence-corrected chi connectivity index (χ4v) is 7.01. The Morgan fingerprint density at radius 1 is 1.00 bits per heavy atom. The van der Waals surface area contributed by atoms with Crippen LogP contribution in [0.15, 0.2) is 67.7 Å². The van der Waals surface area contributed by atoms with Gasteiger partial charge in [-0.1, -0.05) is 18.2 Å². The standard InChI is InChI=1S/C21H23N5O3S3.2C2HF3O2/c1-12-9-14(25-21(24)26-29-2)7-8-16(12)13-5-4-6-15(10-13)32(27,28)18-11-17(19(22)23)31-20(18)30-3;2*3-2(4,5)1(6)7/h4-11H,1-3H3,(H3,22,23)(H3,24,25,26);2*(H,6,7). The lowest BCUT2D eigenvalue weighted by Crippen LogP contribution is -2.22. The summed E-state index contributed by atoms with van der Waals surface area (Å²) in [5.41, 5.74) is 14.6. The molecule has 0 radical (unpaired) electrons. The van der Waals surface area contributed by atoms with Gasteiger partial charge in [-0.3, -0.25) is 5.41 Å². The number of thioether (sulfide) groups is 1. The Kier molecular flexibility index (Phi) is 13.9. The average Bonchev–Trinajstić information content (AvgIpc) is 3.39. The van der Waals surface area contributed by atoms with Crippen LogP contribution in [0.1, 0.15) is 10.4 Å². The molecule has 3 rings (SSSR count). The molecule has 0 aliphatic rings. The molecule has 0 atom stereocenters. The number of hydrogen-bond acceptors (Lipinski definition) is 9. The maximum Gasteiger partial charge on any atom is 0.490 e. The van der Waals surface area contributed by atoms with Crippen LogP contribution in [-0.4, -0.2) is 68.1 Å². The van der Waals surface area contributed by atoms with Crippen LogP contribution in [0.4, 0.5) is 32.0 Å². The first-order valence-electron chi connectivity index (χ1n) is 11.8. The molecular formula is C25H25F6N5O7S3. The third-order valence-electron chi connectivity index (χ3n) is 5.04. The number of aliphatic carboxylic acids is 2. The van der Waals surface area contributed by atoms with Crippen molar-refractivity contribution in [2.75, 3.05) is 18.7 Å². The summed E-state index contributed by atoms with van der Waals surface area (Å²) in [6.07, 6.45) is -8.37. The summed E-state index contributed by atoms with van der Waals surface area (Å²) in [7, 11) is -2.38. The number of carbonyl (C=O) groups is 2. The van der Waals surface area contributed by atoms with E-state index < -0.39 is 34.1 Å². The van der Waals surface area contributed by atoms with Crippen molar-refractivity contribution in [3.8, 4) is 11.1 Å². The Labute approximate surface area is 265 Å². The van der Waals surface area contributed by atoms with Gasteiger partial charge in [0.25, 0.3) is 0 Å². The number of halogens is 6. The second-order valence-electron chi connectivity index (χ2n) is 8.33. The SMILES string of the molecule is CON=C(N)Nc1ccc(-c2cccc(S(=O)(=O)c3cc(C(=N)N)sc3SC)c2)c(C)c1.O=C(O)C(F)(F)F.O=C(O)C(F)(F)F. The molecule has 0 aliphatic heterocycles. The summed E-state index contributed by atoms with van der Waals surface area (Å²) in [6, 6.07) is 13.9. The molecule has 21 heteroatoms. The molecule has 3 aromatic rings. The number of oxime groups is 1. The van der Waals surface area contributed by atoms with Crippen LogP contribution in [0.2, 0.25) is 0 Å². The lowest BCUT2D eigenvalue weighted by Gasteiger charge is -2.12. The van der Waals surface area contributed by atoms with Gasteiger partial charge in [-0.05, 0) is 65.4 Å². The molecule has 0 unspecified atom stereocenters. The van der Waals surface area contributed by atoms with Gasteiger partial charge >= 0.3 is 24.3 Å². The number of sulfone groups is 1. The zero-order chi connectivity index (χ0) is 35.6. The monoisotopic (exact) mass is 717 g/mol. The molecule has 1 heterocycles. The summed E-state index contributed by atoms with van der Waals surface area (Å²) < 4.78 is 90.8. The number of thiophene rings is 1. The Balaban J connectivity index is 0.000000629. The minimum atomic E-state index is -5.08. The van der Waals surface area contributed by atoms with E-state index in [2.05, 4.69) is 15.3 Å². The third-order valence-corrected chi connectivity index (χ3v) is 9.37. The number of alkyl halides is 6. The average molecular weight is 718 g/mol. The first-order chi connectivity index (χ1) is 21.1. The van der Waals surface area contributed by atoms with Crippen molar-refractivity contribution in [3.63, 3.8) is 0 Å². The Morgan fingerprint density at radius 3 is 1.98 bits per heavy atom. The third kappa shape index (κ3) is 11.5. The van der Waals surface area contributed by atoms with E-state index in [1.165, 1.54) is 36.3 Å². The minimum Gasteiger partial charge on any atom is -0.475 e. The number of carboxylic acid groups (broad SMARTS) is 2. The highest BCUT2D eigenvalue weighted by Crippen LogP contribution is 2.38. The highest BCUT2D eigenvalue weighted by atomic mass is 32.2. The van der Waals surface area contributed by atoms with E-state index in [1.807, 2.05) is 31.2 Å². The van der Waals surface area contributed by atoms with E-state index in [-0.39, 0.29) is 21.6 Å². The number of nitrogen functional groups attached to an aromatic ring is 1. The summed E-state index contributed by atoms with van der Waals surface area (Å²) in [5.74, 6) is -5.54. The molecule has 252 valence electrons. The fourth-order valence-electron chi connectivity index (χ4n) is 3.11. The normalized spacial score (nSPS) is 11.7. The van der Waals surface area contributed by atoms with Crippen molar-refractivity contribution in [3.05, 3.63) is 59.0 Å². The number of carboxylic acids is 2. The fraction of sp³-hybridized carbons (Fsp3) is 0.200. The molecule has 0 spiro atoms. The zero-order valence-corrected chi connectivity index (χ0v) is 26.1. The van der Waals surface area contributed by atoms with Gasteiger partial charge in [0.1, 0.15) is 12.9 Å². The molecule has 2 aromatic carbocycles. The van der Waals surface area contributed by atoms with Gasteiger partial charge < -0.3 is 31.8 Å². The number of rotatable bonds is 7. The number of amidine groups is 1.